The molecular formula is C29H31Cl3N2O4. The van der Waals surface area contributed by atoms with Gasteiger partial charge in [0.1, 0.15) is 0 Å². The van der Waals surface area contributed by atoms with Crippen LogP contribution in [0.4, 0.5) is 5.69 Å². The zero-order valence-corrected chi connectivity index (χ0v) is 23.5. The summed E-state index contributed by atoms with van der Waals surface area (Å²) in [6, 6.07) is 25.2. The number of benzene rings is 3. The molecule has 1 aliphatic rings. The number of hydrogen-bond acceptors (Lipinski definition) is 5. The molecule has 202 valence electrons. The van der Waals surface area contributed by atoms with Gasteiger partial charge in [0.15, 0.2) is 6.29 Å². The van der Waals surface area contributed by atoms with Crippen molar-refractivity contribution in [3.63, 3.8) is 0 Å². The number of aliphatic hydroxyl groups excluding tert-OH is 1. The number of carbonyl (C=O) groups is 1. The Labute approximate surface area is 238 Å². The van der Waals surface area contributed by atoms with E-state index in [0.717, 1.165) is 23.2 Å². The van der Waals surface area contributed by atoms with Gasteiger partial charge in [-0.25, -0.2) is 0 Å². The molecule has 0 unspecified atom stereocenters. The Morgan fingerprint density at radius 1 is 0.947 bits per heavy atom. The molecule has 0 bridgehead atoms. The van der Waals surface area contributed by atoms with Crippen molar-refractivity contribution >= 4 is 46.4 Å². The number of hydrogen-bond donors (Lipinski definition) is 2. The van der Waals surface area contributed by atoms with Gasteiger partial charge >= 0.3 is 0 Å². The van der Waals surface area contributed by atoms with Crippen LogP contribution >= 0.6 is 34.8 Å². The van der Waals surface area contributed by atoms with Gasteiger partial charge in [0.25, 0.3) is 9.70 Å². The Kier molecular flexibility index (Phi) is 9.71. The van der Waals surface area contributed by atoms with Crippen molar-refractivity contribution in [3.05, 3.63) is 101 Å². The summed E-state index contributed by atoms with van der Waals surface area (Å²) in [5.74, 6) is -0.710. The smallest absolute Gasteiger partial charge is 0.276 e. The molecule has 3 aromatic rings. The van der Waals surface area contributed by atoms with Gasteiger partial charge in [-0.15, -0.1) is 0 Å². The second-order valence-electron chi connectivity index (χ2n) is 9.58. The molecule has 0 aromatic heterocycles. The Morgan fingerprint density at radius 3 is 2.32 bits per heavy atom. The van der Waals surface area contributed by atoms with E-state index in [1.54, 1.807) is 18.2 Å². The molecule has 0 spiro atoms. The van der Waals surface area contributed by atoms with Crippen molar-refractivity contribution < 1.29 is 19.4 Å². The van der Waals surface area contributed by atoms with Gasteiger partial charge in [-0.2, -0.15) is 0 Å². The molecular weight excluding hydrogens is 547 g/mol. The molecule has 1 fully saturated rings. The fourth-order valence-corrected chi connectivity index (χ4v) is 4.70. The van der Waals surface area contributed by atoms with Gasteiger partial charge in [-0.1, -0.05) is 108 Å². The molecule has 1 aliphatic heterocycles. The standard InChI is InChI=1S/C29H31Cl3N2O4/c1-19-25(17-34(2)16-20-7-4-3-5-8-20)37-27(38-26(19)22-13-11-21(18-35)12-14-22)23-9-6-10-24(15-23)33-28(36)29(30,31)32/h3-15,19,25-27,35H,16-18H2,1-2H3,(H,33,36)/t19-,25+,26+,27+/m1/s1. The Balaban J connectivity index is 1.58. The van der Waals surface area contributed by atoms with Crippen LogP contribution in [-0.4, -0.2) is 39.4 Å². The highest BCUT2D eigenvalue weighted by atomic mass is 35.6. The van der Waals surface area contributed by atoms with E-state index in [-0.39, 0.29) is 24.7 Å². The number of alkyl halides is 3. The number of nitrogens with zero attached hydrogens (tertiary/aromatic N) is 1. The minimum atomic E-state index is -2.08. The maximum Gasteiger partial charge on any atom is 0.276 e. The van der Waals surface area contributed by atoms with Crippen molar-refractivity contribution in [3.8, 4) is 0 Å². The monoisotopic (exact) mass is 576 g/mol. The highest BCUT2D eigenvalue weighted by molar-refractivity contribution is 6.76. The molecule has 9 heteroatoms. The van der Waals surface area contributed by atoms with Crippen LogP contribution < -0.4 is 5.32 Å². The van der Waals surface area contributed by atoms with Crippen molar-refractivity contribution in [2.75, 3.05) is 18.9 Å². The van der Waals surface area contributed by atoms with Gasteiger partial charge in [-0.3, -0.25) is 9.69 Å². The number of halogens is 3. The van der Waals surface area contributed by atoms with Crippen LogP contribution in [0.2, 0.25) is 0 Å². The second-order valence-corrected chi connectivity index (χ2v) is 11.9. The number of rotatable bonds is 8. The van der Waals surface area contributed by atoms with Gasteiger partial charge in [-0.05, 0) is 35.9 Å². The van der Waals surface area contributed by atoms with Crippen molar-refractivity contribution in [2.45, 2.75) is 42.4 Å². The SMILES string of the molecule is C[C@@H]1[C@H](CN(C)Cc2ccccc2)O[C@H](c2cccc(NC(=O)C(Cl)(Cl)Cl)c2)O[C@@H]1c1ccc(CO)cc1. The molecule has 2 N–H and O–H groups in total. The molecule has 0 aliphatic carbocycles. The van der Waals surface area contributed by atoms with E-state index in [1.807, 2.05) is 48.5 Å². The van der Waals surface area contributed by atoms with E-state index in [1.165, 1.54) is 5.56 Å². The first-order valence-corrected chi connectivity index (χ1v) is 13.5. The van der Waals surface area contributed by atoms with Gasteiger partial charge in [0.2, 0.25) is 0 Å². The molecule has 4 atom stereocenters. The molecule has 0 saturated carbocycles. The largest absolute Gasteiger partial charge is 0.392 e. The van der Waals surface area contributed by atoms with Crippen LogP contribution in [0.3, 0.4) is 0 Å². The third-order valence-corrected chi connectivity index (χ3v) is 7.10. The zero-order valence-electron chi connectivity index (χ0n) is 21.2. The van der Waals surface area contributed by atoms with E-state index < -0.39 is 16.0 Å². The summed E-state index contributed by atoms with van der Waals surface area (Å²) in [4.78, 5) is 14.4. The first-order valence-electron chi connectivity index (χ1n) is 12.3. The number of amides is 1. The molecule has 6 nitrogen and oxygen atoms in total. The molecule has 1 saturated heterocycles. The second kappa shape index (κ2) is 12.8. The molecule has 38 heavy (non-hydrogen) atoms. The van der Waals surface area contributed by atoms with Crippen molar-refractivity contribution in [2.24, 2.45) is 5.92 Å². The van der Waals surface area contributed by atoms with Gasteiger partial charge in [0.05, 0.1) is 18.8 Å². The topological polar surface area (TPSA) is 71.0 Å². The van der Waals surface area contributed by atoms with Crippen LogP contribution in [-0.2, 0) is 27.4 Å². The number of nitrogens with one attached hydrogen (secondary N) is 1. The highest BCUT2D eigenvalue weighted by Crippen LogP contribution is 2.42. The predicted octanol–water partition coefficient (Wildman–Crippen LogP) is 6.41. The molecule has 4 rings (SSSR count). The van der Waals surface area contributed by atoms with Crippen LogP contribution in [0.15, 0.2) is 78.9 Å². The lowest BCUT2D eigenvalue weighted by molar-refractivity contribution is -0.276. The zero-order chi connectivity index (χ0) is 27.3. The van der Waals surface area contributed by atoms with Crippen LogP contribution in [0.25, 0.3) is 0 Å². The third-order valence-electron chi connectivity index (χ3n) is 6.58. The number of anilines is 1. The average Bonchev–Trinajstić information content (AvgIpc) is 2.90. The minimum absolute atomic E-state index is 0.0211. The fourth-order valence-electron chi connectivity index (χ4n) is 4.56. The van der Waals surface area contributed by atoms with E-state index >= 15 is 0 Å². The molecule has 0 radical (unpaired) electrons. The Hall–Kier alpha value is -2.16. The Morgan fingerprint density at radius 2 is 1.66 bits per heavy atom. The maximum absolute atomic E-state index is 12.2. The minimum Gasteiger partial charge on any atom is -0.392 e. The molecule has 1 amide bonds. The summed E-state index contributed by atoms with van der Waals surface area (Å²) >= 11 is 17.2. The fraction of sp³-hybridized carbons (Fsp3) is 0.345. The quantitative estimate of drug-likeness (QED) is 0.303. The van der Waals surface area contributed by atoms with Gasteiger partial charge < -0.3 is 19.9 Å². The molecule has 3 aromatic carbocycles. The Bertz CT molecular complexity index is 1200. The maximum atomic E-state index is 12.2. The lowest BCUT2D eigenvalue weighted by Crippen LogP contribution is -2.43. The summed E-state index contributed by atoms with van der Waals surface area (Å²) in [5.41, 5.74) is 4.25. The summed E-state index contributed by atoms with van der Waals surface area (Å²) < 4.78 is 10.9. The first-order chi connectivity index (χ1) is 18.1. The number of aliphatic hydroxyl groups is 1. The first kappa shape index (κ1) is 28.8. The summed E-state index contributed by atoms with van der Waals surface area (Å²) in [5, 5.41) is 12.1. The van der Waals surface area contributed by atoms with Crippen LogP contribution in [0, 0.1) is 5.92 Å². The summed E-state index contributed by atoms with van der Waals surface area (Å²) in [7, 11) is 2.07. The number of ether oxygens (including phenoxy) is 2. The number of carbonyl (C=O) groups excluding carboxylic acids is 1. The van der Waals surface area contributed by atoms with E-state index in [9.17, 15) is 9.90 Å². The normalized spacial score (nSPS) is 21.9. The van der Waals surface area contributed by atoms with Crippen molar-refractivity contribution in [1.82, 2.24) is 4.90 Å². The highest BCUT2D eigenvalue weighted by Gasteiger charge is 2.39. The molecule has 1 heterocycles. The predicted molar refractivity (Wildman–Crippen MR) is 151 cm³/mol. The van der Waals surface area contributed by atoms with Crippen LogP contribution in [0.5, 0.6) is 0 Å². The van der Waals surface area contributed by atoms with E-state index in [4.69, 9.17) is 44.3 Å². The summed E-state index contributed by atoms with van der Waals surface area (Å²) in [6.07, 6.45) is -1.09. The third kappa shape index (κ3) is 7.48. The summed E-state index contributed by atoms with van der Waals surface area (Å²) in [6.45, 7) is 3.57. The lowest BCUT2D eigenvalue weighted by atomic mass is 9.90. The average molecular weight is 578 g/mol. The number of likely N-dealkylation sites (N-methyl/N-ethyl adjacent to an activating group) is 1. The van der Waals surface area contributed by atoms with E-state index in [2.05, 4.69) is 36.3 Å². The van der Waals surface area contributed by atoms with Crippen molar-refractivity contribution in [1.29, 1.82) is 0 Å². The lowest BCUT2D eigenvalue weighted by Gasteiger charge is -2.42. The van der Waals surface area contributed by atoms with E-state index in [0.29, 0.717) is 12.2 Å². The van der Waals surface area contributed by atoms with Crippen LogP contribution in [0.1, 0.15) is 41.6 Å². The van der Waals surface area contributed by atoms with Gasteiger partial charge in [0, 0.05) is 30.3 Å².